The van der Waals surface area contributed by atoms with Gasteiger partial charge in [0.15, 0.2) is 0 Å². The van der Waals surface area contributed by atoms with Gasteiger partial charge in [-0.1, -0.05) is 0 Å². The molecule has 3 heteroatoms. The number of fused-ring (bicyclic) bond motifs is 3. The zero-order valence-electron chi connectivity index (χ0n) is 29.0. The molecule has 2 aromatic rings. The molecule has 0 atom stereocenters. The molecular weight excluding hydrogens is 655 g/mol. The number of hydrogen-bond donors (Lipinski definition) is 0. The summed E-state index contributed by atoms with van der Waals surface area (Å²) in [6, 6.07) is 10.1. The van der Waals surface area contributed by atoms with Crippen molar-refractivity contribution in [3.05, 3.63) is 82.0 Å². The van der Waals surface area contributed by atoms with E-state index in [9.17, 15) is 17.0 Å². The summed E-state index contributed by atoms with van der Waals surface area (Å²) in [6.07, 6.45) is 19.2. The third-order valence-electron chi connectivity index (χ3n) is 13.1. The Morgan fingerprint density at radius 1 is 0.659 bits per heavy atom. The summed E-state index contributed by atoms with van der Waals surface area (Å²) < 4.78 is 7.35. The first-order valence-corrected chi connectivity index (χ1v) is 32.2. The topological polar surface area (TPSA) is 0 Å². The van der Waals surface area contributed by atoms with E-state index in [1.807, 2.05) is 0 Å². The molecule has 2 aromatic carbocycles. The van der Waals surface area contributed by atoms with E-state index in [2.05, 4.69) is 104 Å². The van der Waals surface area contributed by atoms with Crippen LogP contribution in [0.3, 0.4) is 0 Å². The molecule has 2 saturated carbocycles. The zero-order valence-corrected chi connectivity index (χ0v) is 32.9. The Labute approximate surface area is 270 Å². The number of aryl methyl sites for hydroxylation is 2. The molecule has 2 fully saturated rings. The summed E-state index contributed by atoms with van der Waals surface area (Å²) in [5, 5.41) is 0. The van der Waals surface area contributed by atoms with E-state index < -0.39 is 12.9 Å². The molecule has 0 unspecified atom stereocenters. The van der Waals surface area contributed by atoms with E-state index >= 15 is 0 Å². The van der Waals surface area contributed by atoms with Crippen molar-refractivity contribution >= 4 is 21.2 Å². The normalized spacial score (nSPS) is 22.6. The molecule has 240 valence electrons. The van der Waals surface area contributed by atoms with Gasteiger partial charge in [0.25, 0.3) is 0 Å². The van der Waals surface area contributed by atoms with E-state index in [1.165, 1.54) is 95.9 Å². The van der Waals surface area contributed by atoms with Crippen molar-refractivity contribution in [2.24, 2.45) is 11.8 Å². The van der Waals surface area contributed by atoms with Gasteiger partial charge in [-0.15, -0.1) is 0 Å². The molecule has 0 amide bonds. The first-order valence-electron chi connectivity index (χ1n) is 17.8. The summed E-state index contributed by atoms with van der Waals surface area (Å²) in [5.74, 6) is 1.07. The minimum absolute atomic E-state index is 0.0229. The number of benzene rings is 2. The Bertz CT molecular complexity index is 1590. The third-order valence-corrected chi connectivity index (χ3v) is 44.9. The summed E-state index contributed by atoms with van der Waals surface area (Å²) in [7, 11) is 18.5. The van der Waals surface area contributed by atoms with Crippen molar-refractivity contribution in [2.75, 3.05) is 0 Å². The molecule has 4 aliphatic rings. The van der Waals surface area contributed by atoms with Crippen molar-refractivity contribution in [3.8, 4) is 11.1 Å². The molecule has 0 radical (unpaired) electrons. The average molecular weight is 713 g/mol. The average Bonchev–Trinajstić information content (AvgIpc) is 3.69. The Morgan fingerprint density at radius 2 is 1.02 bits per heavy atom. The van der Waals surface area contributed by atoms with Crippen LogP contribution in [0.4, 0.5) is 0 Å². The third kappa shape index (κ3) is 4.95. The molecule has 4 aliphatic carbocycles. The van der Waals surface area contributed by atoms with Crippen molar-refractivity contribution in [3.63, 3.8) is 0 Å². The Morgan fingerprint density at radius 3 is 1.36 bits per heavy atom. The fourth-order valence-corrected chi connectivity index (χ4v) is 46.7. The van der Waals surface area contributed by atoms with Gasteiger partial charge in [0.2, 0.25) is 0 Å². The van der Waals surface area contributed by atoms with Gasteiger partial charge in [0.05, 0.1) is 0 Å². The van der Waals surface area contributed by atoms with Gasteiger partial charge in [-0.2, -0.15) is 0 Å². The van der Waals surface area contributed by atoms with Gasteiger partial charge in [0.1, 0.15) is 0 Å². The van der Waals surface area contributed by atoms with Crippen LogP contribution in [0.2, 0.25) is 11.9 Å². The van der Waals surface area contributed by atoms with Crippen LogP contribution >= 0.6 is 17.0 Å². The molecule has 0 spiro atoms. The second-order valence-corrected chi connectivity index (χ2v) is 59.0. The predicted octanol–water partition coefficient (Wildman–Crippen LogP) is 13.6. The van der Waals surface area contributed by atoms with Crippen LogP contribution < -0.4 is 0 Å². The van der Waals surface area contributed by atoms with Crippen LogP contribution in [0.5, 0.6) is 0 Å². The number of allylic oxidation sites excluding steroid dienone is 4. The van der Waals surface area contributed by atoms with E-state index in [4.69, 9.17) is 4.21 Å². The number of hydrogen-bond acceptors (Lipinski definition) is 0. The van der Waals surface area contributed by atoms with E-state index in [1.54, 1.807) is 0 Å². The van der Waals surface area contributed by atoms with Crippen LogP contribution in [-0.2, 0) is 23.8 Å². The van der Waals surface area contributed by atoms with Gasteiger partial charge < -0.3 is 0 Å². The SMILES string of the molecule is [CH2]=[Zr]([Cl])([Cl])([CH2]C1CCCC1)([CH2]C1CCCC1)([CH]1C=CC=C1)[CH]1c2cc(C)c(C(C)(C)C)cc2-c2cc(C(C)(C)C)c(C)cc21. The minimum atomic E-state index is -6.31. The summed E-state index contributed by atoms with van der Waals surface area (Å²) >= 11 is -6.31. The van der Waals surface area contributed by atoms with Crippen molar-refractivity contribution in [1.82, 2.24) is 0 Å². The molecular formula is C41H58Cl2Zr. The second-order valence-electron chi connectivity index (χ2n) is 18.9. The molecule has 0 saturated heterocycles. The molecule has 0 N–H and O–H groups in total. The first-order chi connectivity index (χ1) is 20.2. The van der Waals surface area contributed by atoms with Crippen LogP contribution in [0, 0.1) is 25.7 Å². The van der Waals surface area contributed by atoms with E-state index in [-0.39, 0.29) is 18.1 Å². The maximum absolute atomic E-state index is 9.24. The fraction of sp³-hybridized carbons (Fsp3) is 0.585. The first kappa shape index (κ1) is 33.2. The van der Waals surface area contributed by atoms with Crippen LogP contribution in [0.25, 0.3) is 11.1 Å². The molecule has 6 rings (SSSR count). The molecule has 0 aromatic heterocycles. The van der Waals surface area contributed by atoms with Gasteiger partial charge in [-0.3, -0.25) is 0 Å². The van der Waals surface area contributed by atoms with Crippen molar-refractivity contribution in [1.29, 1.82) is 0 Å². The second kappa shape index (κ2) is 9.67. The number of halogens is 2. The Balaban J connectivity index is 1.78. The van der Waals surface area contributed by atoms with E-state index in [0.717, 1.165) is 8.26 Å². The van der Waals surface area contributed by atoms with Gasteiger partial charge >= 0.3 is 272 Å². The van der Waals surface area contributed by atoms with Crippen LogP contribution in [-0.4, -0.2) is 4.21 Å². The van der Waals surface area contributed by atoms with Gasteiger partial charge in [-0.25, -0.2) is 0 Å². The molecule has 0 heterocycles. The molecule has 0 bridgehead atoms. The molecule has 44 heavy (non-hydrogen) atoms. The molecule has 0 nitrogen and oxygen atoms in total. The van der Waals surface area contributed by atoms with Crippen LogP contribution in [0.15, 0.2) is 48.6 Å². The standard InChI is InChI=1S/C23H29.2C6H11.C5H5.CH2.2ClH.Zr/c1-14-9-16-11-17-10-15(2)21(23(6,7)8)13-19(17)18(16)12-20(14)22(3,4)5;2*1-6-4-2-3-5-6;1-2-4-5-3-1;;;;/h9-13H,1-8H3;2*6H,1-5H2;1-5H;1H2;2*1H;/q;;;;;;;+2/p-2. The van der Waals surface area contributed by atoms with Crippen molar-refractivity contribution < 1.29 is 12.9 Å². The number of rotatable bonds is 6. The van der Waals surface area contributed by atoms with E-state index in [0.29, 0.717) is 11.8 Å². The van der Waals surface area contributed by atoms with Crippen LogP contribution in [0.1, 0.15) is 130 Å². The maximum atomic E-state index is 9.24. The quantitative estimate of drug-likeness (QED) is 0.280. The van der Waals surface area contributed by atoms with Gasteiger partial charge in [0, 0.05) is 0 Å². The monoisotopic (exact) mass is 710 g/mol. The summed E-state index contributed by atoms with van der Waals surface area (Å²) in [4.78, 5) is 0. The summed E-state index contributed by atoms with van der Waals surface area (Å²) in [6.45, 7) is 18.7. The Kier molecular flexibility index (Phi) is 7.29. The van der Waals surface area contributed by atoms with Gasteiger partial charge in [-0.05, 0) is 0 Å². The molecule has 0 aliphatic heterocycles. The summed E-state index contributed by atoms with van der Waals surface area (Å²) in [5.41, 5.74) is 11.0. The zero-order chi connectivity index (χ0) is 32.0. The fourth-order valence-electron chi connectivity index (χ4n) is 11.5. The Hall–Kier alpha value is -0.747. The predicted molar refractivity (Wildman–Crippen MR) is 195 cm³/mol. The van der Waals surface area contributed by atoms with Crippen molar-refractivity contribution in [2.45, 2.75) is 133 Å².